The first-order chi connectivity index (χ1) is 11.9. The molecular formula is C22H27NO2. The molecule has 0 fully saturated rings. The Morgan fingerprint density at radius 2 is 1.56 bits per heavy atom. The number of hydrogen-bond acceptors (Lipinski definition) is 2. The van der Waals surface area contributed by atoms with E-state index in [0.717, 1.165) is 11.1 Å². The summed E-state index contributed by atoms with van der Waals surface area (Å²) in [4.78, 5) is 10.5. The summed E-state index contributed by atoms with van der Waals surface area (Å²) >= 11 is 0. The molecule has 2 rings (SSSR count). The molecule has 0 spiro atoms. The van der Waals surface area contributed by atoms with Crippen LogP contribution in [-0.2, 0) is 0 Å². The fraction of sp³-hybridized carbons (Fsp3) is 0.182. The number of nitro groups is 1. The monoisotopic (exact) mass is 337 g/mol. The maximum Gasteiger partial charge on any atom is 0.276 e. The minimum atomic E-state index is -0.366. The lowest BCUT2D eigenvalue weighted by Crippen LogP contribution is -1.90. The van der Waals surface area contributed by atoms with Crippen LogP contribution in [0, 0.1) is 17.0 Å². The Morgan fingerprint density at radius 3 is 2.04 bits per heavy atom. The van der Waals surface area contributed by atoms with Crippen LogP contribution in [0.25, 0.3) is 12.2 Å². The van der Waals surface area contributed by atoms with Gasteiger partial charge in [0.1, 0.15) is 0 Å². The first kappa shape index (κ1) is 22.1. The second kappa shape index (κ2) is 12.5. The van der Waals surface area contributed by atoms with Crippen LogP contribution in [-0.4, -0.2) is 4.92 Å². The predicted octanol–water partition coefficient (Wildman–Crippen LogP) is 6.85. The van der Waals surface area contributed by atoms with Crippen LogP contribution in [0.2, 0.25) is 0 Å². The van der Waals surface area contributed by atoms with E-state index in [1.807, 2.05) is 58.0 Å². The van der Waals surface area contributed by atoms with E-state index in [4.69, 9.17) is 0 Å². The zero-order valence-corrected chi connectivity index (χ0v) is 15.5. The SMILES string of the molecule is C=CC(=C)C.CC.Cc1ccc(/C=C/c2ccccc2[N+](=O)[O-])cc1. The number of allylic oxidation sites excluding steroid dienone is 2. The van der Waals surface area contributed by atoms with E-state index in [1.54, 1.807) is 30.4 Å². The van der Waals surface area contributed by atoms with E-state index in [0.29, 0.717) is 5.56 Å². The second-order valence-corrected chi connectivity index (χ2v) is 5.11. The molecule has 0 bridgehead atoms. The number of para-hydroxylation sites is 1. The van der Waals surface area contributed by atoms with Crippen LogP contribution in [0.1, 0.15) is 37.5 Å². The van der Waals surface area contributed by atoms with Gasteiger partial charge in [-0.15, -0.1) is 0 Å². The first-order valence-electron chi connectivity index (χ1n) is 8.20. The Bertz CT molecular complexity index is 713. The maximum atomic E-state index is 10.8. The molecule has 0 aromatic heterocycles. The van der Waals surface area contributed by atoms with Crippen molar-refractivity contribution in [2.45, 2.75) is 27.7 Å². The van der Waals surface area contributed by atoms with E-state index in [-0.39, 0.29) is 10.6 Å². The molecule has 0 aliphatic heterocycles. The van der Waals surface area contributed by atoms with Gasteiger partial charge in [0.05, 0.1) is 10.5 Å². The summed E-state index contributed by atoms with van der Waals surface area (Å²) in [7, 11) is 0. The minimum Gasteiger partial charge on any atom is -0.258 e. The second-order valence-electron chi connectivity index (χ2n) is 5.11. The van der Waals surface area contributed by atoms with Crippen molar-refractivity contribution < 1.29 is 4.92 Å². The maximum absolute atomic E-state index is 10.8. The number of rotatable bonds is 4. The third kappa shape index (κ3) is 9.06. The summed E-state index contributed by atoms with van der Waals surface area (Å²) in [6, 6.07) is 14.7. The van der Waals surface area contributed by atoms with Crippen molar-refractivity contribution in [1.29, 1.82) is 0 Å². The number of hydrogen-bond donors (Lipinski definition) is 0. The lowest BCUT2D eigenvalue weighted by atomic mass is 10.1. The predicted molar refractivity (Wildman–Crippen MR) is 110 cm³/mol. The lowest BCUT2D eigenvalue weighted by molar-refractivity contribution is -0.385. The lowest BCUT2D eigenvalue weighted by Gasteiger charge is -1.97. The molecule has 0 aliphatic carbocycles. The van der Waals surface area contributed by atoms with Gasteiger partial charge in [-0.1, -0.05) is 86.7 Å². The summed E-state index contributed by atoms with van der Waals surface area (Å²) < 4.78 is 0. The van der Waals surface area contributed by atoms with Gasteiger partial charge in [0.2, 0.25) is 0 Å². The highest BCUT2D eigenvalue weighted by atomic mass is 16.6. The average molecular weight is 337 g/mol. The first-order valence-corrected chi connectivity index (χ1v) is 8.20. The van der Waals surface area contributed by atoms with E-state index in [9.17, 15) is 10.1 Å². The van der Waals surface area contributed by atoms with Gasteiger partial charge in [-0.05, 0) is 31.6 Å². The van der Waals surface area contributed by atoms with Crippen molar-refractivity contribution >= 4 is 17.8 Å². The summed E-state index contributed by atoms with van der Waals surface area (Å²) in [6.45, 7) is 14.9. The average Bonchev–Trinajstić information content (AvgIpc) is 2.63. The summed E-state index contributed by atoms with van der Waals surface area (Å²) in [5.41, 5.74) is 3.98. The molecule has 0 amide bonds. The molecule has 2 aromatic carbocycles. The largest absolute Gasteiger partial charge is 0.276 e. The van der Waals surface area contributed by atoms with Crippen LogP contribution in [0.3, 0.4) is 0 Å². The zero-order valence-electron chi connectivity index (χ0n) is 15.5. The molecule has 132 valence electrons. The molecule has 3 nitrogen and oxygen atoms in total. The van der Waals surface area contributed by atoms with Gasteiger partial charge in [-0.2, -0.15) is 0 Å². The molecule has 0 radical (unpaired) electrons. The van der Waals surface area contributed by atoms with E-state index in [2.05, 4.69) is 13.2 Å². The molecule has 0 heterocycles. The van der Waals surface area contributed by atoms with Gasteiger partial charge >= 0.3 is 0 Å². The van der Waals surface area contributed by atoms with Crippen LogP contribution in [0.5, 0.6) is 0 Å². The number of nitrogens with zero attached hydrogens (tertiary/aromatic N) is 1. The highest BCUT2D eigenvalue weighted by molar-refractivity contribution is 5.74. The summed E-state index contributed by atoms with van der Waals surface area (Å²) in [6.07, 6.45) is 5.37. The Kier molecular flexibility index (Phi) is 11.0. The van der Waals surface area contributed by atoms with Crippen LogP contribution >= 0.6 is 0 Å². The molecule has 0 unspecified atom stereocenters. The molecule has 25 heavy (non-hydrogen) atoms. The van der Waals surface area contributed by atoms with Crippen LogP contribution in [0.15, 0.2) is 73.3 Å². The highest BCUT2D eigenvalue weighted by Gasteiger charge is 2.08. The third-order valence-corrected chi connectivity index (χ3v) is 3.01. The van der Waals surface area contributed by atoms with Crippen molar-refractivity contribution in [2.24, 2.45) is 0 Å². The third-order valence-electron chi connectivity index (χ3n) is 3.01. The van der Waals surface area contributed by atoms with E-state index in [1.165, 1.54) is 11.6 Å². The van der Waals surface area contributed by atoms with Gasteiger partial charge in [0.15, 0.2) is 0 Å². The molecule has 0 atom stereocenters. The summed E-state index contributed by atoms with van der Waals surface area (Å²) in [5.74, 6) is 0. The van der Waals surface area contributed by atoms with Gasteiger partial charge in [-0.25, -0.2) is 0 Å². The Labute approximate surface area is 151 Å². The zero-order chi connectivity index (χ0) is 19.2. The van der Waals surface area contributed by atoms with E-state index >= 15 is 0 Å². The van der Waals surface area contributed by atoms with Crippen molar-refractivity contribution in [1.82, 2.24) is 0 Å². The summed E-state index contributed by atoms with van der Waals surface area (Å²) in [5, 5.41) is 10.8. The standard InChI is InChI=1S/C15H13NO2.C5H8.C2H6/c1-12-6-8-13(9-7-12)10-11-14-4-2-3-5-15(14)16(17)18;1-4-5(2)3;1-2/h2-11H,1H3;4H,1-2H2,3H3;1-2H3/b11-10+;;. The molecular weight excluding hydrogens is 310 g/mol. The fourth-order valence-electron chi connectivity index (χ4n) is 1.66. The van der Waals surface area contributed by atoms with Crippen molar-refractivity contribution in [2.75, 3.05) is 0 Å². The Hall–Kier alpha value is -2.94. The van der Waals surface area contributed by atoms with Gasteiger partial charge in [-0.3, -0.25) is 10.1 Å². The molecule has 0 N–H and O–H groups in total. The number of aryl methyl sites for hydroxylation is 1. The fourth-order valence-corrected chi connectivity index (χ4v) is 1.66. The highest BCUT2D eigenvalue weighted by Crippen LogP contribution is 2.20. The number of nitro benzene ring substituents is 1. The Balaban J connectivity index is 0.000000710. The van der Waals surface area contributed by atoms with E-state index < -0.39 is 0 Å². The minimum absolute atomic E-state index is 0.126. The molecule has 3 heteroatoms. The van der Waals surface area contributed by atoms with Crippen LogP contribution < -0.4 is 0 Å². The molecule has 0 saturated carbocycles. The molecule has 0 saturated heterocycles. The van der Waals surface area contributed by atoms with Gasteiger partial charge in [0.25, 0.3) is 5.69 Å². The van der Waals surface area contributed by atoms with Gasteiger partial charge < -0.3 is 0 Å². The smallest absolute Gasteiger partial charge is 0.258 e. The topological polar surface area (TPSA) is 43.1 Å². The molecule has 0 aliphatic rings. The normalized spacial score (nSPS) is 9.28. The van der Waals surface area contributed by atoms with Crippen LogP contribution in [0.4, 0.5) is 5.69 Å². The van der Waals surface area contributed by atoms with Crippen molar-refractivity contribution in [3.8, 4) is 0 Å². The quantitative estimate of drug-likeness (QED) is 0.265. The van der Waals surface area contributed by atoms with Gasteiger partial charge in [0, 0.05) is 6.07 Å². The Morgan fingerprint density at radius 1 is 1.04 bits per heavy atom. The molecule has 2 aromatic rings. The van der Waals surface area contributed by atoms with Crippen molar-refractivity contribution in [3.63, 3.8) is 0 Å². The number of benzene rings is 2. The van der Waals surface area contributed by atoms with Crippen molar-refractivity contribution in [3.05, 3.63) is 100 Å².